The van der Waals surface area contributed by atoms with Gasteiger partial charge in [0.15, 0.2) is 0 Å². The van der Waals surface area contributed by atoms with Crippen LogP contribution in [0.2, 0.25) is 0 Å². The predicted octanol–water partition coefficient (Wildman–Crippen LogP) is 4.81. The Kier molecular flexibility index (Phi) is 3.77. The number of rotatable bonds is 3. The first-order chi connectivity index (χ1) is 6.79. The number of halogens is 2. The summed E-state index contributed by atoms with van der Waals surface area (Å²) in [6.45, 7) is 5.48. The van der Waals surface area contributed by atoms with E-state index in [4.69, 9.17) is 0 Å². The Morgan fingerprint density at radius 2 is 1.60 bits per heavy atom. The maximum absolute atomic E-state index is 13.6. The minimum atomic E-state index is -2.69. The first kappa shape index (κ1) is 12.5. The van der Waals surface area contributed by atoms with Gasteiger partial charge in [-0.05, 0) is 17.5 Å². The zero-order valence-electron chi connectivity index (χ0n) is 9.26. The van der Waals surface area contributed by atoms with Gasteiger partial charge < -0.3 is 0 Å². The fourth-order valence-corrected chi connectivity index (χ4v) is 2.46. The van der Waals surface area contributed by atoms with Crippen molar-refractivity contribution >= 4 is 11.8 Å². The van der Waals surface area contributed by atoms with Crippen LogP contribution in [-0.4, -0.2) is 5.25 Å². The van der Waals surface area contributed by atoms with Gasteiger partial charge in [0.25, 0.3) is 5.25 Å². The van der Waals surface area contributed by atoms with E-state index in [1.54, 1.807) is 24.3 Å². The maximum atomic E-state index is 13.6. The monoisotopic (exact) mass is 230 g/mol. The molecule has 15 heavy (non-hydrogen) atoms. The molecule has 0 fully saturated rings. The molecule has 0 radical (unpaired) electrons. The highest BCUT2D eigenvalue weighted by molar-refractivity contribution is 8.00. The molecule has 0 aliphatic rings. The summed E-state index contributed by atoms with van der Waals surface area (Å²) in [5.41, 5.74) is -0.356. The van der Waals surface area contributed by atoms with Gasteiger partial charge in [0.1, 0.15) is 0 Å². The molecule has 0 atom stereocenters. The number of thioether (sulfide) groups is 1. The van der Waals surface area contributed by atoms with E-state index in [-0.39, 0.29) is 11.8 Å². The summed E-state index contributed by atoms with van der Waals surface area (Å²) >= 11 is 0.639. The Morgan fingerprint density at radius 1 is 1.07 bits per heavy atom. The second-order valence-electron chi connectivity index (χ2n) is 4.79. The molecule has 0 N–H and O–H groups in total. The van der Waals surface area contributed by atoms with Crippen LogP contribution in [0.3, 0.4) is 0 Å². The van der Waals surface area contributed by atoms with Crippen LogP contribution < -0.4 is 0 Å². The van der Waals surface area contributed by atoms with Crippen LogP contribution in [0.1, 0.15) is 27.2 Å². The first-order valence-corrected chi connectivity index (χ1v) is 5.72. The largest absolute Gasteiger partial charge is 0.298 e. The highest BCUT2D eigenvalue weighted by Crippen LogP contribution is 2.43. The van der Waals surface area contributed by atoms with Crippen LogP contribution in [0, 0.1) is 5.41 Å². The van der Waals surface area contributed by atoms with Crippen molar-refractivity contribution in [3.8, 4) is 0 Å². The highest BCUT2D eigenvalue weighted by Gasteiger charge is 2.35. The van der Waals surface area contributed by atoms with Gasteiger partial charge in [0, 0.05) is 11.3 Å². The average Bonchev–Trinajstić information content (AvgIpc) is 1.99. The SMILES string of the molecule is CC(C)(C)CC(F)(F)Sc1ccccc1. The Labute approximate surface area is 94.1 Å². The van der Waals surface area contributed by atoms with Crippen molar-refractivity contribution in [3.63, 3.8) is 0 Å². The lowest BCUT2D eigenvalue weighted by atomic mass is 9.93. The summed E-state index contributed by atoms with van der Waals surface area (Å²) in [6, 6.07) is 8.79. The van der Waals surface area contributed by atoms with E-state index in [0.29, 0.717) is 16.7 Å². The molecule has 0 amide bonds. The quantitative estimate of drug-likeness (QED) is 0.672. The highest BCUT2D eigenvalue weighted by atomic mass is 32.2. The maximum Gasteiger partial charge on any atom is 0.298 e. The van der Waals surface area contributed by atoms with E-state index in [2.05, 4.69) is 0 Å². The van der Waals surface area contributed by atoms with E-state index >= 15 is 0 Å². The van der Waals surface area contributed by atoms with E-state index in [1.165, 1.54) is 0 Å². The van der Waals surface area contributed by atoms with Crippen LogP contribution in [0.25, 0.3) is 0 Å². The molecule has 0 saturated carbocycles. The Morgan fingerprint density at radius 3 is 2.07 bits per heavy atom. The second kappa shape index (κ2) is 4.52. The Bertz CT molecular complexity index is 301. The molecule has 84 valence electrons. The van der Waals surface area contributed by atoms with Gasteiger partial charge in [-0.15, -0.1) is 0 Å². The fraction of sp³-hybridized carbons (Fsp3) is 0.500. The summed E-state index contributed by atoms with van der Waals surface area (Å²) in [5.74, 6) is 0. The van der Waals surface area contributed by atoms with Crippen molar-refractivity contribution in [1.29, 1.82) is 0 Å². The van der Waals surface area contributed by atoms with Crippen molar-refractivity contribution in [2.75, 3.05) is 0 Å². The molecule has 0 nitrogen and oxygen atoms in total. The first-order valence-electron chi connectivity index (χ1n) is 4.90. The molecule has 1 rings (SSSR count). The number of hydrogen-bond acceptors (Lipinski definition) is 1. The number of alkyl halides is 2. The minimum absolute atomic E-state index is 0.112. The van der Waals surface area contributed by atoms with E-state index < -0.39 is 5.25 Å². The van der Waals surface area contributed by atoms with Gasteiger partial charge in [0.2, 0.25) is 0 Å². The van der Waals surface area contributed by atoms with Crippen LogP contribution >= 0.6 is 11.8 Å². The van der Waals surface area contributed by atoms with Crippen molar-refractivity contribution in [1.82, 2.24) is 0 Å². The van der Waals surface area contributed by atoms with Crippen LogP contribution in [0.5, 0.6) is 0 Å². The molecule has 0 spiro atoms. The van der Waals surface area contributed by atoms with E-state index in [0.717, 1.165) is 0 Å². The third-order valence-electron chi connectivity index (χ3n) is 1.75. The van der Waals surface area contributed by atoms with Gasteiger partial charge in [-0.1, -0.05) is 50.7 Å². The standard InChI is InChI=1S/C12H16F2S/c1-11(2,3)9-12(13,14)15-10-7-5-4-6-8-10/h4-8H,9H2,1-3H3. The van der Waals surface area contributed by atoms with Crippen molar-refractivity contribution in [2.24, 2.45) is 5.41 Å². The second-order valence-corrected chi connectivity index (χ2v) is 6.06. The molecule has 0 bridgehead atoms. The summed E-state index contributed by atoms with van der Waals surface area (Å²) in [4.78, 5) is 0.617. The van der Waals surface area contributed by atoms with Gasteiger partial charge in [0.05, 0.1) is 0 Å². The van der Waals surface area contributed by atoms with Crippen LogP contribution in [0.15, 0.2) is 35.2 Å². The predicted molar refractivity (Wildman–Crippen MR) is 61.3 cm³/mol. The molecule has 0 unspecified atom stereocenters. The van der Waals surface area contributed by atoms with Gasteiger partial charge in [-0.2, -0.15) is 8.78 Å². The third kappa shape index (κ3) is 5.17. The van der Waals surface area contributed by atoms with Crippen LogP contribution in [-0.2, 0) is 0 Å². The lowest BCUT2D eigenvalue weighted by molar-refractivity contribution is 0.0574. The summed E-state index contributed by atoms with van der Waals surface area (Å²) in [6.07, 6.45) is -0.112. The summed E-state index contributed by atoms with van der Waals surface area (Å²) in [5, 5.41) is -2.69. The van der Waals surface area contributed by atoms with Crippen molar-refractivity contribution < 1.29 is 8.78 Å². The smallest absolute Gasteiger partial charge is 0.194 e. The van der Waals surface area contributed by atoms with Crippen molar-refractivity contribution in [3.05, 3.63) is 30.3 Å². The molecule has 1 aromatic carbocycles. The average molecular weight is 230 g/mol. The number of benzene rings is 1. The van der Waals surface area contributed by atoms with Crippen molar-refractivity contribution in [2.45, 2.75) is 37.3 Å². The molecule has 3 heteroatoms. The zero-order valence-corrected chi connectivity index (χ0v) is 10.1. The van der Waals surface area contributed by atoms with E-state index in [9.17, 15) is 8.78 Å². The minimum Gasteiger partial charge on any atom is -0.194 e. The molecule has 0 aliphatic carbocycles. The van der Waals surface area contributed by atoms with Gasteiger partial charge >= 0.3 is 0 Å². The summed E-state index contributed by atoms with van der Waals surface area (Å²) < 4.78 is 27.1. The molecule has 0 aromatic heterocycles. The Balaban J connectivity index is 2.65. The normalized spacial score (nSPS) is 12.9. The zero-order chi connectivity index (χ0) is 11.5. The molecule has 1 aromatic rings. The molecule has 0 aliphatic heterocycles. The van der Waals surface area contributed by atoms with Gasteiger partial charge in [-0.25, -0.2) is 0 Å². The lowest BCUT2D eigenvalue weighted by Crippen LogP contribution is -2.20. The fourth-order valence-electron chi connectivity index (χ4n) is 1.31. The molecular weight excluding hydrogens is 214 g/mol. The molecule has 0 heterocycles. The van der Waals surface area contributed by atoms with E-state index in [1.807, 2.05) is 26.8 Å². The van der Waals surface area contributed by atoms with Gasteiger partial charge in [-0.3, -0.25) is 0 Å². The molecular formula is C12H16F2S. The third-order valence-corrected chi connectivity index (χ3v) is 2.70. The number of hydrogen-bond donors (Lipinski definition) is 0. The van der Waals surface area contributed by atoms with Crippen LogP contribution in [0.4, 0.5) is 8.78 Å². The topological polar surface area (TPSA) is 0 Å². The Hall–Kier alpha value is -0.570. The summed E-state index contributed by atoms with van der Waals surface area (Å²) in [7, 11) is 0. The molecule has 0 saturated heterocycles. The lowest BCUT2D eigenvalue weighted by Gasteiger charge is -2.25.